The van der Waals surface area contributed by atoms with Crippen LogP contribution in [0.4, 0.5) is 0 Å². The zero-order chi connectivity index (χ0) is 13.0. The molecule has 114 valence electrons. The molecule has 1 heterocycles. The number of hydrogen-bond donors (Lipinski definition) is 1. The second-order valence-electron chi connectivity index (χ2n) is 5.01. The molecule has 20 heavy (non-hydrogen) atoms. The van der Waals surface area contributed by atoms with Crippen LogP contribution >= 0.6 is 40.7 Å². The van der Waals surface area contributed by atoms with E-state index < -0.39 is 0 Å². The highest BCUT2D eigenvalue weighted by Crippen LogP contribution is 2.28. The monoisotopic (exact) mass is 380 g/mol. The third kappa shape index (κ3) is 5.74. The van der Waals surface area contributed by atoms with E-state index in [-0.39, 0.29) is 24.8 Å². The van der Waals surface area contributed by atoms with Crippen molar-refractivity contribution >= 4 is 40.7 Å². The first-order chi connectivity index (χ1) is 8.66. The SMILES string of the molecule is C=C(C)C[C@@H](c1ccc(Br)cc1)N1CCNCC1.Cl.Cl. The van der Waals surface area contributed by atoms with Gasteiger partial charge >= 0.3 is 0 Å². The van der Waals surface area contributed by atoms with E-state index in [1.54, 1.807) is 0 Å². The summed E-state index contributed by atoms with van der Waals surface area (Å²) in [4.78, 5) is 2.56. The van der Waals surface area contributed by atoms with Gasteiger partial charge in [0.05, 0.1) is 0 Å². The van der Waals surface area contributed by atoms with Crippen molar-refractivity contribution in [1.29, 1.82) is 0 Å². The summed E-state index contributed by atoms with van der Waals surface area (Å²) in [6.07, 6.45) is 1.04. The second-order valence-corrected chi connectivity index (χ2v) is 5.93. The Labute approximate surface area is 143 Å². The smallest absolute Gasteiger partial charge is 0.0386 e. The molecule has 0 saturated carbocycles. The van der Waals surface area contributed by atoms with Gasteiger partial charge in [0.1, 0.15) is 0 Å². The molecule has 1 aromatic rings. The molecule has 1 aliphatic heterocycles. The lowest BCUT2D eigenvalue weighted by Gasteiger charge is -2.35. The van der Waals surface area contributed by atoms with E-state index >= 15 is 0 Å². The number of nitrogens with one attached hydrogen (secondary N) is 1. The van der Waals surface area contributed by atoms with Crippen LogP contribution in [0.25, 0.3) is 0 Å². The Kier molecular flexibility index (Phi) is 9.77. The average Bonchev–Trinajstić information content (AvgIpc) is 2.38. The number of piperazine rings is 1. The Morgan fingerprint density at radius 3 is 2.30 bits per heavy atom. The van der Waals surface area contributed by atoms with Gasteiger partial charge in [-0.2, -0.15) is 0 Å². The van der Waals surface area contributed by atoms with Crippen molar-refractivity contribution in [2.45, 2.75) is 19.4 Å². The van der Waals surface area contributed by atoms with Crippen molar-refractivity contribution in [2.75, 3.05) is 26.2 Å². The standard InChI is InChI=1S/C15H21BrN2.2ClH/c1-12(2)11-15(18-9-7-17-8-10-18)13-3-5-14(16)6-4-13;;/h3-6,15,17H,1,7-11H2,2H3;2*1H/t15-;;/m0../s1. The molecule has 0 amide bonds. The fraction of sp³-hybridized carbons (Fsp3) is 0.467. The van der Waals surface area contributed by atoms with Gasteiger partial charge in [-0.15, -0.1) is 31.4 Å². The molecule has 0 aliphatic carbocycles. The first-order valence-electron chi connectivity index (χ1n) is 6.51. The third-order valence-electron chi connectivity index (χ3n) is 3.39. The summed E-state index contributed by atoms with van der Waals surface area (Å²) in [7, 11) is 0. The van der Waals surface area contributed by atoms with Gasteiger partial charge in [0.15, 0.2) is 0 Å². The molecule has 1 fully saturated rings. The molecule has 0 spiro atoms. The fourth-order valence-electron chi connectivity index (χ4n) is 2.47. The van der Waals surface area contributed by atoms with E-state index in [2.05, 4.69) is 63.9 Å². The van der Waals surface area contributed by atoms with Crippen molar-refractivity contribution in [3.8, 4) is 0 Å². The average molecular weight is 382 g/mol. The number of rotatable bonds is 4. The largest absolute Gasteiger partial charge is 0.314 e. The molecule has 0 unspecified atom stereocenters. The first kappa shape index (κ1) is 19.9. The molecule has 0 aromatic heterocycles. The third-order valence-corrected chi connectivity index (χ3v) is 3.92. The van der Waals surface area contributed by atoms with Crippen molar-refractivity contribution < 1.29 is 0 Å². The van der Waals surface area contributed by atoms with E-state index in [0.717, 1.165) is 37.1 Å². The second kappa shape index (κ2) is 9.80. The van der Waals surface area contributed by atoms with Crippen LogP contribution in [0.2, 0.25) is 0 Å². The van der Waals surface area contributed by atoms with Crippen LogP contribution < -0.4 is 5.32 Å². The molecule has 2 rings (SSSR count). The number of benzene rings is 1. The van der Waals surface area contributed by atoms with E-state index in [1.165, 1.54) is 11.1 Å². The Morgan fingerprint density at radius 2 is 1.80 bits per heavy atom. The van der Waals surface area contributed by atoms with Crippen molar-refractivity contribution in [2.24, 2.45) is 0 Å². The molecule has 2 nitrogen and oxygen atoms in total. The Morgan fingerprint density at radius 1 is 1.25 bits per heavy atom. The molecule has 0 bridgehead atoms. The maximum atomic E-state index is 4.08. The highest BCUT2D eigenvalue weighted by molar-refractivity contribution is 9.10. The minimum absolute atomic E-state index is 0. The van der Waals surface area contributed by atoms with Crippen LogP contribution in [-0.4, -0.2) is 31.1 Å². The molecular formula is C15H23BrCl2N2. The maximum absolute atomic E-state index is 4.08. The van der Waals surface area contributed by atoms with Gasteiger partial charge in [-0.05, 0) is 31.0 Å². The number of nitrogens with zero attached hydrogens (tertiary/aromatic N) is 1. The Hall–Kier alpha value is -0.0600. The van der Waals surface area contributed by atoms with Crippen LogP contribution in [0.15, 0.2) is 40.9 Å². The Bertz CT molecular complexity index is 403. The minimum Gasteiger partial charge on any atom is -0.314 e. The molecule has 0 radical (unpaired) electrons. The Balaban J connectivity index is 0.00000180. The van der Waals surface area contributed by atoms with Gasteiger partial charge in [0.2, 0.25) is 0 Å². The van der Waals surface area contributed by atoms with Crippen LogP contribution in [0.3, 0.4) is 0 Å². The molecule has 1 atom stereocenters. The van der Waals surface area contributed by atoms with Crippen LogP contribution in [0, 0.1) is 0 Å². The van der Waals surface area contributed by atoms with Gasteiger partial charge < -0.3 is 5.32 Å². The van der Waals surface area contributed by atoms with Gasteiger partial charge in [0.25, 0.3) is 0 Å². The van der Waals surface area contributed by atoms with E-state index in [9.17, 15) is 0 Å². The first-order valence-corrected chi connectivity index (χ1v) is 7.31. The van der Waals surface area contributed by atoms with Gasteiger partial charge in [-0.1, -0.05) is 33.6 Å². The molecule has 1 saturated heterocycles. The lowest BCUT2D eigenvalue weighted by atomic mass is 9.98. The highest BCUT2D eigenvalue weighted by Gasteiger charge is 2.21. The lowest BCUT2D eigenvalue weighted by molar-refractivity contribution is 0.172. The van der Waals surface area contributed by atoms with E-state index in [1.807, 2.05) is 0 Å². The molecule has 1 aromatic carbocycles. The fourth-order valence-corrected chi connectivity index (χ4v) is 2.73. The summed E-state index contributed by atoms with van der Waals surface area (Å²) < 4.78 is 1.14. The minimum atomic E-state index is 0. The van der Waals surface area contributed by atoms with Gasteiger partial charge in [-0.3, -0.25) is 4.90 Å². The van der Waals surface area contributed by atoms with Crippen molar-refractivity contribution in [3.63, 3.8) is 0 Å². The van der Waals surface area contributed by atoms with Crippen molar-refractivity contribution in [1.82, 2.24) is 10.2 Å². The molecule has 1 aliphatic rings. The van der Waals surface area contributed by atoms with Crippen molar-refractivity contribution in [3.05, 3.63) is 46.5 Å². The zero-order valence-corrected chi connectivity index (χ0v) is 15.0. The number of hydrogen-bond acceptors (Lipinski definition) is 2. The summed E-state index contributed by atoms with van der Waals surface area (Å²) in [5.74, 6) is 0. The summed E-state index contributed by atoms with van der Waals surface area (Å²) in [5.41, 5.74) is 2.64. The van der Waals surface area contributed by atoms with E-state index in [0.29, 0.717) is 6.04 Å². The van der Waals surface area contributed by atoms with Crippen LogP contribution in [0.5, 0.6) is 0 Å². The quantitative estimate of drug-likeness (QED) is 0.786. The van der Waals surface area contributed by atoms with Gasteiger partial charge in [-0.25, -0.2) is 0 Å². The summed E-state index contributed by atoms with van der Waals surface area (Å²) >= 11 is 3.50. The van der Waals surface area contributed by atoms with E-state index in [4.69, 9.17) is 0 Å². The lowest BCUT2D eigenvalue weighted by Crippen LogP contribution is -2.45. The summed E-state index contributed by atoms with van der Waals surface area (Å²) in [6.45, 7) is 10.6. The molecular weight excluding hydrogens is 359 g/mol. The predicted molar refractivity (Wildman–Crippen MR) is 95.3 cm³/mol. The van der Waals surface area contributed by atoms with Crippen LogP contribution in [-0.2, 0) is 0 Å². The predicted octanol–water partition coefficient (Wildman–Crippen LogP) is 4.21. The topological polar surface area (TPSA) is 15.3 Å². The normalized spacial score (nSPS) is 16.7. The molecule has 5 heteroatoms. The van der Waals surface area contributed by atoms with Gasteiger partial charge in [0, 0.05) is 36.7 Å². The molecule has 1 N–H and O–H groups in total. The van der Waals surface area contributed by atoms with Crippen LogP contribution in [0.1, 0.15) is 24.9 Å². The summed E-state index contributed by atoms with van der Waals surface area (Å²) in [5, 5.41) is 3.41. The zero-order valence-electron chi connectivity index (χ0n) is 11.8. The number of halogens is 3. The maximum Gasteiger partial charge on any atom is 0.0386 e. The summed E-state index contributed by atoms with van der Waals surface area (Å²) in [6, 6.07) is 9.17. The highest BCUT2D eigenvalue weighted by atomic mass is 79.9.